The Morgan fingerprint density at radius 1 is 1.12 bits per heavy atom. The highest BCUT2D eigenvalue weighted by atomic mass is 16.2. The predicted molar refractivity (Wildman–Crippen MR) is 24.0 cm³/mol. The number of carbonyl (C=O) groups excluding carboxylic acids is 2. The van der Waals surface area contributed by atoms with Crippen LogP contribution < -0.4 is 16.4 Å². The highest BCUT2D eigenvalue weighted by Crippen LogP contribution is 1.79. The van der Waals surface area contributed by atoms with Crippen molar-refractivity contribution in [2.24, 2.45) is 0 Å². The van der Waals surface area contributed by atoms with E-state index in [0.717, 1.165) is 0 Å². The zero-order valence-electron chi connectivity index (χ0n) is 4.02. The third-order valence-corrected chi connectivity index (χ3v) is 0.725. The molecule has 0 aromatic carbocycles. The van der Waals surface area contributed by atoms with Crippen molar-refractivity contribution < 1.29 is 9.59 Å². The third kappa shape index (κ3) is 0.941. The molecular weight excluding hydrogens is 110 g/mol. The molecule has 1 heterocycles. The van der Waals surface area contributed by atoms with Crippen LogP contribution >= 0.6 is 0 Å². The highest BCUT2D eigenvalue weighted by molar-refractivity contribution is 5.98. The first kappa shape index (κ1) is 5.04. The van der Waals surface area contributed by atoms with Crippen molar-refractivity contribution in [1.29, 1.82) is 0 Å². The Hall–Kier alpha value is -1.10. The number of nitrogens with one attached hydrogen (secondary N) is 3. The fraction of sp³-hybridized carbons (Fsp3) is 0.333. The molecule has 1 saturated heterocycles. The van der Waals surface area contributed by atoms with Gasteiger partial charge >= 0.3 is 0 Å². The molecule has 1 aliphatic rings. The minimum atomic E-state index is -0.311. The molecule has 5 heteroatoms. The van der Waals surface area contributed by atoms with E-state index >= 15 is 0 Å². The summed E-state index contributed by atoms with van der Waals surface area (Å²) in [5, 5.41) is 0. The van der Waals surface area contributed by atoms with Crippen molar-refractivity contribution in [2.45, 2.75) is 6.42 Å². The average molecular weight is 115 g/mol. The molecule has 0 bridgehead atoms. The summed E-state index contributed by atoms with van der Waals surface area (Å²) in [6, 6.07) is 0. The number of carbonyl (C=O) groups is 2. The van der Waals surface area contributed by atoms with Crippen LogP contribution in [0.2, 0.25) is 0 Å². The number of hydrogen-bond donors (Lipinski definition) is 3. The second kappa shape index (κ2) is 1.79. The van der Waals surface area contributed by atoms with Gasteiger partial charge in [0.25, 0.3) is 0 Å². The maximum atomic E-state index is 10.2. The van der Waals surface area contributed by atoms with Gasteiger partial charge in [-0.3, -0.25) is 20.4 Å². The first-order valence-electron chi connectivity index (χ1n) is 2.12. The van der Waals surface area contributed by atoms with E-state index in [-0.39, 0.29) is 18.2 Å². The monoisotopic (exact) mass is 115 g/mol. The van der Waals surface area contributed by atoms with Gasteiger partial charge in [-0.1, -0.05) is 0 Å². The summed E-state index contributed by atoms with van der Waals surface area (Å²) in [5.41, 5.74) is 6.57. The van der Waals surface area contributed by atoms with Crippen LogP contribution in [0.1, 0.15) is 6.42 Å². The largest absolute Gasteiger partial charge is 0.273 e. The highest BCUT2D eigenvalue weighted by Gasteiger charge is 2.12. The molecule has 0 aromatic heterocycles. The maximum absolute atomic E-state index is 10.2. The van der Waals surface area contributed by atoms with Gasteiger partial charge in [-0.15, -0.1) is 5.53 Å². The van der Waals surface area contributed by atoms with Gasteiger partial charge in [-0.2, -0.15) is 0 Å². The molecule has 8 heavy (non-hydrogen) atoms. The molecular formula is C3H5N3O2. The van der Waals surface area contributed by atoms with Crippen molar-refractivity contribution in [3.63, 3.8) is 0 Å². The van der Waals surface area contributed by atoms with E-state index in [4.69, 9.17) is 0 Å². The number of amides is 2. The quantitative estimate of drug-likeness (QED) is 0.321. The van der Waals surface area contributed by atoms with Crippen molar-refractivity contribution in [1.82, 2.24) is 16.4 Å². The van der Waals surface area contributed by atoms with Crippen LogP contribution in [0.5, 0.6) is 0 Å². The minimum absolute atomic E-state index is 0.0903. The number of hydrogen-bond acceptors (Lipinski definition) is 3. The molecule has 5 nitrogen and oxygen atoms in total. The summed E-state index contributed by atoms with van der Waals surface area (Å²) in [6.45, 7) is 0. The van der Waals surface area contributed by atoms with E-state index in [1.54, 1.807) is 0 Å². The lowest BCUT2D eigenvalue weighted by Crippen LogP contribution is -2.55. The van der Waals surface area contributed by atoms with Crippen LogP contribution in [0.3, 0.4) is 0 Å². The zero-order valence-corrected chi connectivity index (χ0v) is 4.02. The molecule has 1 fully saturated rings. The van der Waals surface area contributed by atoms with E-state index in [1.165, 1.54) is 0 Å². The van der Waals surface area contributed by atoms with Gasteiger partial charge in [0.2, 0.25) is 11.8 Å². The molecule has 1 rings (SSSR count). The lowest BCUT2D eigenvalue weighted by Gasteiger charge is -2.12. The Kier molecular flexibility index (Phi) is 1.13. The predicted octanol–water partition coefficient (Wildman–Crippen LogP) is -1.96. The van der Waals surface area contributed by atoms with E-state index in [2.05, 4.69) is 16.4 Å². The third-order valence-electron chi connectivity index (χ3n) is 0.725. The van der Waals surface area contributed by atoms with E-state index in [1.807, 2.05) is 0 Å². The topological polar surface area (TPSA) is 70.2 Å². The Labute approximate surface area is 45.4 Å². The van der Waals surface area contributed by atoms with Crippen LogP contribution in [0, 0.1) is 0 Å². The molecule has 0 unspecified atom stereocenters. The maximum Gasteiger partial charge on any atom is 0.244 e. The van der Waals surface area contributed by atoms with Gasteiger partial charge in [-0.05, 0) is 0 Å². The average Bonchev–Trinajstić information content (AvgIpc) is 1.64. The van der Waals surface area contributed by atoms with Gasteiger partial charge < -0.3 is 0 Å². The standard InChI is InChI=1S/C3H5N3O2/c7-2-1-3(8)5-6-4-2/h6H,1H2,(H,4,7)(H,5,8). The SMILES string of the molecule is O=C1CC(=O)NNN1. The Bertz CT molecular complexity index is 118. The lowest BCUT2D eigenvalue weighted by molar-refractivity contribution is -0.134. The molecule has 3 N–H and O–H groups in total. The second-order valence-corrected chi connectivity index (χ2v) is 1.40. The lowest BCUT2D eigenvalue weighted by atomic mass is 10.4. The van der Waals surface area contributed by atoms with Gasteiger partial charge in [0.15, 0.2) is 0 Å². The van der Waals surface area contributed by atoms with Gasteiger partial charge in [-0.25, -0.2) is 0 Å². The normalized spacial score (nSPS) is 19.5. The van der Waals surface area contributed by atoms with Crippen LogP contribution in [0.15, 0.2) is 0 Å². The smallest absolute Gasteiger partial charge is 0.244 e. The molecule has 0 atom stereocenters. The van der Waals surface area contributed by atoms with Crippen LogP contribution in [-0.4, -0.2) is 11.8 Å². The van der Waals surface area contributed by atoms with Crippen LogP contribution in [-0.2, 0) is 9.59 Å². The summed E-state index contributed by atoms with van der Waals surface area (Å²) >= 11 is 0. The fourth-order valence-electron chi connectivity index (χ4n) is 0.405. The molecule has 0 saturated carbocycles. The Morgan fingerprint density at radius 2 is 1.62 bits per heavy atom. The summed E-state index contributed by atoms with van der Waals surface area (Å²) < 4.78 is 0. The van der Waals surface area contributed by atoms with Crippen LogP contribution in [0.25, 0.3) is 0 Å². The molecule has 0 radical (unpaired) electrons. The van der Waals surface area contributed by atoms with Gasteiger partial charge in [0, 0.05) is 0 Å². The van der Waals surface area contributed by atoms with E-state index in [0.29, 0.717) is 0 Å². The van der Waals surface area contributed by atoms with Crippen molar-refractivity contribution in [2.75, 3.05) is 0 Å². The molecule has 0 spiro atoms. The fourth-order valence-corrected chi connectivity index (χ4v) is 0.405. The number of rotatable bonds is 0. The van der Waals surface area contributed by atoms with Gasteiger partial charge in [0.1, 0.15) is 6.42 Å². The minimum Gasteiger partial charge on any atom is -0.273 e. The van der Waals surface area contributed by atoms with E-state index < -0.39 is 0 Å². The molecule has 2 amide bonds. The molecule has 0 aliphatic carbocycles. The van der Waals surface area contributed by atoms with E-state index in [9.17, 15) is 9.59 Å². The zero-order chi connectivity index (χ0) is 5.98. The summed E-state index contributed by atoms with van der Waals surface area (Å²) in [6.07, 6.45) is -0.0903. The summed E-state index contributed by atoms with van der Waals surface area (Å²) in [7, 11) is 0. The molecule has 44 valence electrons. The second-order valence-electron chi connectivity index (χ2n) is 1.40. The Balaban J connectivity index is 2.45. The van der Waals surface area contributed by atoms with Crippen molar-refractivity contribution in [3.05, 3.63) is 0 Å². The first-order valence-corrected chi connectivity index (χ1v) is 2.12. The van der Waals surface area contributed by atoms with Crippen molar-refractivity contribution in [3.8, 4) is 0 Å². The Morgan fingerprint density at radius 3 is 1.88 bits per heavy atom. The van der Waals surface area contributed by atoms with Crippen molar-refractivity contribution >= 4 is 11.8 Å². The molecule has 1 aliphatic heterocycles. The van der Waals surface area contributed by atoms with Gasteiger partial charge in [0.05, 0.1) is 0 Å². The number of hydrazine groups is 2. The first-order chi connectivity index (χ1) is 3.79. The van der Waals surface area contributed by atoms with Crippen LogP contribution in [0.4, 0.5) is 0 Å². The molecule has 0 aromatic rings. The summed E-state index contributed by atoms with van der Waals surface area (Å²) in [5.74, 6) is -0.623. The summed E-state index contributed by atoms with van der Waals surface area (Å²) in [4.78, 5) is 20.5.